The minimum absolute atomic E-state index is 1.20. The van der Waals surface area contributed by atoms with Crippen LogP contribution in [-0.4, -0.2) is 22.7 Å². The van der Waals surface area contributed by atoms with E-state index in [1.54, 1.807) is 0 Å². The lowest BCUT2D eigenvalue weighted by Gasteiger charge is -2.18. The lowest BCUT2D eigenvalue weighted by atomic mass is 10.0. The van der Waals surface area contributed by atoms with Crippen LogP contribution in [0.3, 0.4) is 0 Å². The van der Waals surface area contributed by atoms with Crippen LogP contribution in [0, 0.1) is 0 Å². The first-order chi connectivity index (χ1) is 17.8. The van der Waals surface area contributed by atoms with Crippen LogP contribution in [0.25, 0.3) is 21.5 Å². The maximum absolute atomic E-state index is 2.55. The highest BCUT2D eigenvalue weighted by Gasteiger charge is 2.21. The van der Waals surface area contributed by atoms with Gasteiger partial charge >= 0.3 is 0 Å². The molecule has 0 spiro atoms. The van der Waals surface area contributed by atoms with Crippen LogP contribution < -0.4 is 9.06 Å². The van der Waals surface area contributed by atoms with Gasteiger partial charge in [0.1, 0.15) is 13.1 Å². The maximum Gasteiger partial charge on any atom is 0.239 e. The second-order valence-corrected chi connectivity index (χ2v) is 12.3. The monoisotopic (exact) mass is 522 g/mol. The van der Waals surface area contributed by atoms with Gasteiger partial charge in [0, 0.05) is 42.7 Å². The standard InChI is InChI=1S/C32H28NS3/c1-3-11-24(12-4-1)31-23-25(27-15-7-8-16-28(27)35-31)13-5-6-14-26-17-18-29(34-26)30-19-20-32(36-30)33-21-9-2-10-22-33/h1,3-8,11-20,23H,2,9-10,21-22H2/q+1. The van der Waals surface area contributed by atoms with Gasteiger partial charge in [-0.1, -0.05) is 78.5 Å². The van der Waals surface area contributed by atoms with E-state index >= 15 is 0 Å². The van der Waals surface area contributed by atoms with E-state index in [1.807, 2.05) is 34.9 Å². The third-order valence-electron chi connectivity index (χ3n) is 6.54. The molecule has 0 bridgehead atoms. The molecule has 0 amide bonds. The molecule has 2 aromatic carbocycles. The van der Waals surface area contributed by atoms with Crippen LogP contribution >= 0.6 is 34.9 Å². The van der Waals surface area contributed by atoms with E-state index in [2.05, 4.69) is 114 Å². The molecule has 1 nitrogen and oxygen atoms in total. The summed E-state index contributed by atoms with van der Waals surface area (Å²) in [5, 5.41) is 1.42. The summed E-state index contributed by atoms with van der Waals surface area (Å²) < 4.78 is 5.19. The Kier molecular flexibility index (Phi) is 7.26. The molecule has 6 rings (SSSR count). The highest BCUT2D eigenvalue weighted by molar-refractivity contribution is 8.22. The van der Waals surface area contributed by atoms with Gasteiger partial charge in [0.05, 0.1) is 0 Å². The van der Waals surface area contributed by atoms with E-state index in [9.17, 15) is 0 Å². The van der Waals surface area contributed by atoms with Crippen LogP contribution in [0.4, 0.5) is 0 Å². The molecule has 1 fully saturated rings. The van der Waals surface area contributed by atoms with Crippen molar-refractivity contribution in [1.82, 2.24) is 0 Å². The number of rotatable bonds is 3. The van der Waals surface area contributed by atoms with Gasteiger partial charge in [-0.05, 0) is 71.3 Å². The molecule has 0 atom stereocenters. The minimum Gasteiger partial charge on any atom is -0.224 e. The molecular weight excluding hydrogens is 495 g/mol. The zero-order chi connectivity index (χ0) is 24.2. The van der Waals surface area contributed by atoms with E-state index in [0.717, 1.165) is 0 Å². The molecule has 36 heavy (non-hydrogen) atoms. The van der Waals surface area contributed by atoms with Gasteiger partial charge in [0.2, 0.25) is 5.04 Å². The number of fused-ring (bicyclic) bond motifs is 1. The molecule has 1 saturated heterocycles. The highest BCUT2D eigenvalue weighted by atomic mass is 32.2. The Labute approximate surface area is 225 Å². The van der Waals surface area contributed by atoms with Crippen LogP contribution in [0.15, 0.2) is 108 Å². The van der Waals surface area contributed by atoms with Crippen molar-refractivity contribution in [3.8, 4) is 0 Å². The topological polar surface area (TPSA) is 3.01 Å². The molecule has 4 heterocycles. The third kappa shape index (κ3) is 5.31. The minimum atomic E-state index is 1.20. The average molecular weight is 523 g/mol. The molecule has 3 aliphatic rings. The molecule has 1 aromatic heterocycles. The lowest BCUT2D eigenvalue weighted by Crippen LogP contribution is -2.23. The van der Waals surface area contributed by atoms with Crippen molar-refractivity contribution in [2.24, 2.45) is 0 Å². The van der Waals surface area contributed by atoms with Gasteiger partial charge in [-0.3, -0.25) is 0 Å². The van der Waals surface area contributed by atoms with Crippen molar-refractivity contribution in [2.75, 3.05) is 13.1 Å². The van der Waals surface area contributed by atoms with Gasteiger partial charge in [-0.15, -0.1) is 11.3 Å². The van der Waals surface area contributed by atoms with Gasteiger partial charge in [-0.25, -0.2) is 4.58 Å². The molecule has 178 valence electrons. The van der Waals surface area contributed by atoms with Crippen molar-refractivity contribution in [3.05, 3.63) is 123 Å². The number of hydrogen-bond acceptors (Lipinski definition) is 3. The second-order valence-electron chi connectivity index (χ2n) is 9.03. The van der Waals surface area contributed by atoms with E-state index in [-0.39, 0.29) is 0 Å². The quantitative estimate of drug-likeness (QED) is 0.332. The van der Waals surface area contributed by atoms with E-state index in [1.165, 1.54) is 77.9 Å². The van der Waals surface area contributed by atoms with Gasteiger partial charge < -0.3 is 0 Å². The van der Waals surface area contributed by atoms with Gasteiger partial charge in [0.15, 0.2) is 0 Å². The average Bonchev–Trinajstić information content (AvgIpc) is 3.62. The number of piperidine rings is 1. The predicted molar refractivity (Wildman–Crippen MR) is 161 cm³/mol. The summed E-state index contributed by atoms with van der Waals surface area (Å²) in [5.74, 6) is 0. The molecule has 3 aliphatic heterocycles. The molecule has 0 unspecified atom stereocenters. The smallest absolute Gasteiger partial charge is 0.224 e. The van der Waals surface area contributed by atoms with Crippen molar-refractivity contribution < 1.29 is 4.58 Å². The summed E-state index contributed by atoms with van der Waals surface area (Å²) in [4.78, 5) is 3.98. The van der Waals surface area contributed by atoms with Gasteiger partial charge in [0.25, 0.3) is 0 Å². The van der Waals surface area contributed by atoms with E-state index in [0.29, 0.717) is 0 Å². The number of nitrogens with zero attached hydrogens (tertiary/aromatic N) is 1. The fraction of sp³-hybridized carbons (Fsp3) is 0.156. The van der Waals surface area contributed by atoms with Crippen LogP contribution in [-0.2, 0) is 0 Å². The normalized spacial score (nSPS) is 20.9. The zero-order valence-electron chi connectivity index (χ0n) is 20.1. The Bertz CT molecular complexity index is 1540. The Morgan fingerprint density at radius 2 is 1.53 bits per heavy atom. The molecule has 0 saturated carbocycles. The summed E-state index contributed by atoms with van der Waals surface area (Å²) in [6.45, 7) is 2.41. The molecule has 3 aromatic rings. The SMILES string of the molecule is C(=CC=c1ccc(=C2C=CC(=[N+]3CCCCC3)S2)s1)C=C1C=C(c2ccccc2)Sc2ccccc21. The Balaban J connectivity index is 1.24. The first kappa shape index (κ1) is 23.6. The van der Waals surface area contributed by atoms with Crippen molar-refractivity contribution >= 4 is 61.4 Å². The summed E-state index contributed by atoms with van der Waals surface area (Å²) >= 11 is 5.65. The molecule has 0 aliphatic carbocycles. The first-order valence-electron chi connectivity index (χ1n) is 12.5. The van der Waals surface area contributed by atoms with E-state index in [4.69, 9.17) is 0 Å². The lowest BCUT2D eigenvalue weighted by molar-refractivity contribution is -0.534. The first-order valence-corrected chi connectivity index (χ1v) is 15.0. The second kappa shape index (κ2) is 11.1. The molecular formula is C32H28NS3+. The van der Waals surface area contributed by atoms with Crippen LogP contribution in [0.1, 0.15) is 30.4 Å². The summed E-state index contributed by atoms with van der Waals surface area (Å²) in [6.07, 6.45) is 19.7. The summed E-state index contributed by atoms with van der Waals surface area (Å²) in [7, 11) is 0. The number of hydrogen-bond donors (Lipinski definition) is 0. The fourth-order valence-corrected chi connectivity index (χ4v) is 7.86. The van der Waals surface area contributed by atoms with Crippen molar-refractivity contribution in [3.63, 3.8) is 0 Å². The molecule has 0 radical (unpaired) electrons. The number of allylic oxidation sites excluding steroid dienone is 5. The van der Waals surface area contributed by atoms with Crippen LogP contribution in [0.2, 0.25) is 0 Å². The third-order valence-corrected chi connectivity index (χ3v) is 10.1. The largest absolute Gasteiger partial charge is 0.239 e. The Morgan fingerprint density at radius 1 is 0.722 bits per heavy atom. The summed E-state index contributed by atoms with van der Waals surface area (Å²) in [5.41, 5.74) is 3.82. The number of thiophene rings is 1. The molecule has 0 N–H and O–H groups in total. The Hall–Kier alpha value is -2.79. The zero-order valence-corrected chi connectivity index (χ0v) is 22.5. The van der Waals surface area contributed by atoms with Crippen LogP contribution in [0.5, 0.6) is 0 Å². The van der Waals surface area contributed by atoms with E-state index < -0.39 is 0 Å². The number of thioether (sulfide) groups is 2. The Morgan fingerprint density at radius 3 is 2.42 bits per heavy atom. The van der Waals surface area contributed by atoms with Gasteiger partial charge in [-0.2, -0.15) is 0 Å². The number of benzene rings is 2. The summed E-state index contributed by atoms with van der Waals surface area (Å²) in [6, 6.07) is 23.8. The van der Waals surface area contributed by atoms with Crippen molar-refractivity contribution in [1.29, 1.82) is 0 Å². The maximum atomic E-state index is 2.55. The molecule has 4 heteroatoms. The highest BCUT2D eigenvalue weighted by Crippen LogP contribution is 2.44. The fourth-order valence-electron chi connectivity index (χ4n) is 4.67. The van der Waals surface area contributed by atoms with Crippen molar-refractivity contribution in [2.45, 2.75) is 24.2 Å². The predicted octanol–water partition coefficient (Wildman–Crippen LogP) is 7.32.